The van der Waals surface area contributed by atoms with Crippen molar-refractivity contribution in [3.05, 3.63) is 46.1 Å². The molecule has 0 radical (unpaired) electrons. The first-order valence-electron chi connectivity index (χ1n) is 22.1. The van der Waals surface area contributed by atoms with Gasteiger partial charge in [0.05, 0.1) is 25.9 Å². The van der Waals surface area contributed by atoms with E-state index in [9.17, 15) is 9.90 Å². The zero-order valence-electron chi connectivity index (χ0n) is 35.0. The lowest BCUT2D eigenvalue weighted by Gasteiger charge is -2.17. The Morgan fingerprint density at radius 1 is 0.643 bits per heavy atom. The Morgan fingerprint density at radius 3 is 1.79 bits per heavy atom. The number of phenols is 1. The molecule has 1 aromatic heterocycles. The molecule has 0 amide bonds. The van der Waals surface area contributed by atoms with Crippen molar-refractivity contribution in [3.8, 4) is 34.3 Å². The fourth-order valence-electron chi connectivity index (χ4n) is 7.03. The number of nitrogens with two attached hydrogens (primary N) is 2. The van der Waals surface area contributed by atoms with Crippen LogP contribution in [0.15, 0.2) is 39.5 Å². The normalized spacial score (nSPS) is 11.4. The van der Waals surface area contributed by atoms with Crippen molar-refractivity contribution in [1.29, 1.82) is 0 Å². The van der Waals surface area contributed by atoms with Crippen LogP contribution in [-0.4, -0.2) is 64.7 Å². The number of nitrogens with one attached hydrogen (secondary N) is 2. The van der Waals surface area contributed by atoms with Crippen molar-refractivity contribution >= 4 is 11.0 Å². The van der Waals surface area contributed by atoms with Crippen molar-refractivity contribution in [2.24, 2.45) is 11.5 Å². The number of ether oxygens (including phenoxy) is 3. The van der Waals surface area contributed by atoms with Crippen LogP contribution in [0.2, 0.25) is 0 Å². The first-order chi connectivity index (χ1) is 27.5. The van der Waals surface area contributed by atoms with Gasteiger partial charge >= 0.3 is 0 Å². The lowest BCUT2D eigenvalue weighted by Crippen LogP contribution is -2.17. The maximum absolute atomic E-state index is 14.1. The fourth-order valence-corrected chi connectivity index (χ4v) is 7.03. The summed E-state index contributed by atoms with van der Waals surface area (Å²) in [4.78, 5) is 14.1. The molecule has 0 aliphatic carbocycles. The van der Waals surface area contributed by atoms with Gasteiger partial charge in [-0.05, 0) is 116 Å². The summed E-state index contributed by atoms with van der Waals surface area (Å²) in [5.74, 6) is 2.09. The lowest BCUT2D eigenvalue weighted by atomic mass is 9.98. The number of rotatable bonds is 35. The third-order valence-corrected chi connectivity index (χ3v) is 10.4. The van der Waals surface area contributed by atoms with Crippen LogP contribution in [0.25, 0.3) is 22.3 Å². The zero-order chi connectivity index (χ0) is 40.1. The lowest BCUT2D eigenvalue weighted by molar-refractivity contribution is 0.291. The molecule has 3 rings (SSSR count). The smallest absolute Gasteiger partial charge is 0.200 e. The molecule has 1 heterocycles. The third-order valence-electron chi connectivity index (χ3n) is 10.4. The number of unbranched alkanes of at least 4 members (excludes halogenated alkanes) is 15. The largest absolute Gasteiger partial charge is 0.507 e. The Labute approximate surface area is 337 Å². The fraction of sp³-hybridized carbons (Fsp3) is 0.674. The molecule has 0 fully saturated rings. The molecular formula is C46H76N4O6. The molecule has 0 saturated carbocycles. The van der Waals surface area contributed by atoms with E-state index in [1.165, 1.54) is 77.4 Å². The van der Waals surface area contributed by atoms with Crippen LogP contribution in [0, 0.1) is 0 Å². The first kappa shape index (κ1) is 47.1. The summed E-state index contributed by atoms with van der Waals surface area (Å²) in [7, 11) is 1.53. The van der Waals surface area contributed by atoms with Gasteiger partial charge in [0.2, 0.25) is 0 Å². The molecule has 0 spiro atoms. The molecule has 7 N–H and O–H groups in total. The summed E-state index contributed by atoms with van der Waals surface area (Å²) in [5, 5.41) is 18.2. The van der Waals surface area contributed by atoms with Crippen molar-refractivity contribution in [3.63, 3.8) is 0 Å². The van der Waals surface area contributed by atoms with Crippen LogP contribution in [0.1, 0.15) is 141 Å². The zero-order valence-corrected chi connectivity index (χ0v) is 35.0. The second kappa shape index (κ2) is 29.9. The van der Waals surface area contributed by atoms with Gasteiger partial charge in [-0.3, -0.25) is 4.79 Å². The highest BCUT2D eigenvalue weighted by molar-refractivity contribution is 5.88. The molecule has 0 saturated heterocycles. The topological polar surface area (TPSA) is 154 Å². The van der Waals surface area contributed by atoms with Crippen LogP contribution in [0.5, 0.6) is 23.0 Å². The van der Waals surface area contributed by atoms with Gasteiger partial charge in [0.15, 0.2) is 5.43 Å². The maximum atomic E-state index is 14.1. The first-order valence-corrected chi connectivity index (χ1v) is 22.1. The maximum Gasteiger partial charge on any atom is 0.200 e. The Balaban J connectivity index is 1.67. The van der Waals surface area contributed by atoms with E-state index in [1.54, 1.807) is 6.07 Å². The highest BCUT2D eigenvalue weighted by atomic mass is 16.5. The predicted molar refractivity (Wildman–Crippen MR) is 233 cm³/mol. The second-order valence-corrected chi connectivity index (χ2v) is 15.2. The number of benzene rings is 2. The van der Waals surface area contributed by atoms with E-state index in [2.05, 4.69) is 17.6 Å². The molecule has 56 heavy (non-hydrogen) atoms. The van der Waals surface area contributed by atoms with Crippen molar-refractivity contribution in [1.82, 2.24) is 10.6 Å². The average Bonchev–Trinajstić information content (AvgIpc) is 3.20. The van der Waals surface area contributed by atoms with Gasteiger partial charge < -0.3 is 45.8 Å². The number of hydrogen-bond donors (Lipinski definition) is 5. The molecule has 0 aliphatic rings. The molecule has 10 nitrogen and oxygen atoms in total. The SMILES string of the molecule is CCCCCCc1c(-c2ccc(OCCCCNCCCCCCCCN)cc2OCCCCNCCCCCCCCN)oc2cc(OC)cc(O)c2c1=O. The number of aromatic hydroxyl groups is 1. The monoisotopic (exact) mass is 781 g/mol. The molecule has 316 valence electrons. The molecule has 2 aromatic carbocycles. The van der Waals surface area contributed by atoms with Gasteiger partial charge in [-0.15, -0.1) is 0 Å². The third kappa shape index (κ3) is 17.9. The van der Waals surface area contributed by atoms with Gasteiger partial charge in [0.25, 0.3) is 0 Å². The Bertz CT molecular complexity index is 1530. The van der Waals surface area contributed by atoms with E-state index in [-0.39, 0.29) is 22.1 Å². The number of methoxy groups -OCH3 is 1. The number of phenolic OH excluding ortho intramolecular Hbond substituents is 1. The summed E-state index contributed by atoms with van der Waals surface area (Å²) in [6.07, 6.45) is 23.3. The van der Waals surface area contributed by atoms with Crippen LogP contribution in [0.3, 0.4) is 0 Å². The van der Waals surface area contributed by atoms with E-state index >= 15 is 0 Å². The predicted octanol–water partition coefficient (Wildman–Crippen LogP) is 9.39. The van der Waals surface area contributed by atoms with Crippen LogP contribution < -0.4 is 41.7 Å². The minimum atomic E-state index is -0.220. The van der Waals surface area contributed by atoms with Gasteiger partial charge in [-0.1, -0.05) is 77.6 Å². The number of fused-ring (bicyclic) bond motifs is 1. The van der Waals surface area contributed by atoms with Crippen molar-refractivity contribution in [2.45, 2.75) is 142 Å². The standard InChI is InChI=1S/C46H76N4O6/c1-3-4-5-14-23-40-45(52)44-41(51)34-38(53-2)36-43(44)56-46(40)39-25-24-37(54-32-21-19-30-49-28-17-12-8-6-10-15-26-47)35-42(39)55-33-22-20-31-50-29-18-13-9-7-11-16-27-48/h24-25,34-36,49-51H,3-23,26-33,47-48H2,1-2H3. The summed E-state index contributed by atoms with van der Waals surface area (Å²) < 4.78 is 24.7. The van der Waals surface area contributed by atoms with Crippen LogP contribution in [0.4, 0.5) is 0 Å². The summed E-state index contributed by atoms with van der Waals surface area (Å²) in [6, 6.07) is 8.93. The van der Waals surface area contributed by atoms with Gasteiger partial charge in [0.1, 0.15) is 39.7 Å². The van der Waals surface area contributed by atoms with E-state index in [4.69, 9.17) is 30.1 Å². The van der Waals surface area contributed by atoms with E-state index in [0.29, 0.717) is 48.0 Å². The van der Waals surface area contributed by atoms with Crippen LogP contribution in [-0.2, 0) is 6.42 Å². The summed E-state index contributed by atoms with van der Waals surface area (Å²) in [5.41, 5.74) is 12.5. The highest BCUT2D eigenvalue weighted by Gasteiger charge is 2.22. The molecule has 0 aliphatic heterocycles. The minimum absolute atomic E-state index is 0.143. The van der Waals surface area contributed by atoms with Gasteiger partial charge in [-0.25, -0.2) is 0 Å². The van der Waals surface area contributed by atoms with Crippen LogP contribution >= 0.6 is 0 Å². The van der Waals surface area contributed by atoms with Crippen molar-refractivity contribution < 1.29 is 23.7 Å². The molecule has 0 atom stereocenters. The quantitative estimate of drug-likeness (QED) is 0.0365. The number of hydrogen-bond acceptors (Lipinski definition) is 10. The Morgan fingerprint density at radius 2 is 1.20 bits per heavy atom. The molecule has 3 aromatic rings. The molecule has 0 bridgehead atoms. The average molecular weight is 781 g/mol. The summed E-state index contributed by atoms with van der Waals surface area (Å²) in [6.45, 7) is 8.92. The molecule has 10 heteroatoms. The van der Waals surface area contributed by atoms with E-state index < -0.39 is 0 Å². The van der Waals surface area contributed by atoms with E-state index in [1.807, 2.05) is 18.2 Å². The Hall–Kier alpha value is -3.31. The van der Waals surface area contributed by atoms with E-state index in [0.717, 1.165) is 109 Å². The van der Waals surface area contributed by atoms with Gasteiger partial charge in [0, 0.05) is 23.8 Å². The Kier molecular flexibility index (Phi) is 25.1. The van der Waals surface area contributed by atoms with Crippen molar-refractivity contribution in [2.75, 3.05) is 59.6 Å². The minimum Gasteiger partial charge on any atom is -0.507 e. The molecule has 0 unspecified atom stereocenters. The summed E-state index contributed by atoms with van der Waals surface area (Å²) >= 11 is 0. The van der Waals surface area contributed by atoms with Gasteiger partial charge in [-0.2, -0.15) is 0 Å². The second-order valence-electron chi connectivity index (χ2n) is 15.2. The highest BCUT2D eigenvalue weighted by Crippen LogP contribution is 2.39. The molecular weight excluding hydrogens is 705 g/mol.